The van der Waals surface area contributed by atoms with Gasteiger partial charge in [0.1, 0.15) is 0 Å². The third-order valence-corrected chi connectivity index (χ3v) is 4.19. The van der Waals surface area contributed by atoms with Crippen LogP contribution in [-0.4, -0.2) is 36.6 Å². The first-order valence-corrected chi connectivity index (χ1v) is 7.50. The highest BCUT2D eigenvalue weighted by Gasteiger charge is 2.65. The lowest BCUT2D eigenvalue weighted by molar-refractivity contribution is -0.275. The van der Waals surface area contributed by atoms with E-state index in [1.807, 2.05) is 0 Å². The van der Waals surface area contributed by atoms with Gasteiger partial charge in [0.2, 0.25) is 6.10 Å². The maximum absolute atomic E-state index is 13.4. The zero-order chi connectivity index (χ0) is 16.8. The van der Waals surface area contributed by atoms with E-state index in [0.29, 0.717) is 11.1 Å². The molecule has 1 atom stereocenters. The fourth-order valence-corrected chi connectivity index (χ4v) is 2.75. The first-order chi connectivity index (χ1) is 9.93. The van der Waals surface area contributed by atoms with E-state index in [-0.39, 0.29) is 12.8 Å². The van der Waals surface area contributed by atoms with Crippen LogP contribution >= 0.6 is 0 Å². The van der Waals surface area contributed by atoms with Crippen LogP contribution in [0.3, 0.4) is 0 Å². The molecule has 10 heteroatoms. The normalized spacial score (nSPS) is 18.3. The minimum absolute atomic E-state index is 0.0513. The second-order valence-electron chi connectivity index (χ2n) is 4.89. The largest absolute Gasteiger partial charge is 0.421 e. The van der Waals surface area contributed by atoms with E-state index in [2.05, 4.69) is 4.74 Å². The maximum Gasteiger partial charge on any atom is 0.421 e. The molecule has 0 spiro atoms. The summed E-state index contributed by atoms with van der Waals surface area (Å²) < 4.78 is 98.8. The van der Waals surface area contributed by atoms with Crippen molar-refractivity contribution in [2.24, 2.45) is 0 Å². The molecule has 0 heterocycles. The fourth-order valence-electron chi connectivity index (χ4n) is 2.29. The molecule has 0 fully saturated rings. The zero-order valence-electron chi connectivity index (χ0n) is 10.8. The van der Waals surface area contributed by atoms with Crippen LogP contribution in [0.5, 0.6) is 0 Å². The van der Waals surface area contributed by atoms with E-state index >= 15 is 0 Å². The Hall–Kier alpha value is -1.26. The number of rotatable bonds is 4. The Morgan fingerprint density at radius 2 is 1.55 bits per heavy atom. The molecule has 1 aromatic carbocycles. The van der Waals surface area contributed by atoms with Crippen LogP contribution < -0.4 is 0 Å². The van der Waals surface area contributed by atoms with E-state index in [4.69, 9.17) is 4.55 Å². The summed E-state index contributed by atoms with van der Waals surface area (Å²) in [5.41, 5.74) is 1.28. The fraction of sp³-hybridized carbons (Fsp3) is 0.500. The minimum Gasteiger partial charge on any atom is -0.358 e. The molecule has 1 N–H and O–H groups in total. The number of hydrogen-bond donors (Lipinski definition) is 1. The Kier molecular flexibility index (Phi) is 4.22. The molecule has 0 saturated carbocycles. The van der Waals surface area contributed by atoms with Gasteiger partial charge in [-0.15, -0.1) is 0 Å². The van der Waals surface area contributed by atoms with Gasteiger partial charge < -0.3 is 4.74 Å². The van der Waals surface area contributed by atoms with Crippen LogP contribution in [-0.2, 0) is 27.7 Å². The third kappa shape index (κ3) is 3.23. The molecule has 4 nitrogen and oxygen atoms in total. The van der Waals surface area contributed by atoms with Gasteiger partial charge in [0.05, 0.1) is 6.10 Å². The monoisotopic (exact) mass is 346 g/mol. The second-order valence-corrected chi connectivity index (χ2v) is 6.39. The summed E-state index contributed by atoms with van der Waals surface area (Å²) in [6.45, 7) is 0. The van der Waals surface area contributed by atoms with Crippen molar-refractivity contribution < 1.29 is 39.7 Å². The summed E-state index contributed by atoms with van der Waals surface area (Å²) in [5.74, 6) is 0. The van der Waals surface area contributed by atoms with Gasteiger partial charge in [0.15, 0.2) is 0 Å². The molecular weight excluding hydrogens is 335 g/mol. The molecular formula is C12H11F5O4S. The topological polar surface area (TPSA) is 63.6 Å². The van der Waals surface area contributed by atoms with E-state index in [9.17, 15) is 30.4 Å². The van der Waals surface area contributed by atoms with Gasteiger partial charge in [-0.3, -0.25) is 4.55 Å². The molecule has 0 bridgehead atoms. The molecule has 1 aliphatic rings. The highest BCUT2D eigenvalue weighted by Crippen LogP contribution is 2.40. The summed E-state index contributed by atoms with van der Waals surface area (Å²) >= 11 is 0. The van der Waals surface area contributed by atoms with Crippen molar-refractivity contribution in [2.75, 3.05) is 0 Å². The molecule has 22 heavy (non-hydrogen) atoms. The second kappa shape index (κ2) is 5.43. The van der Waals surface area contributed by atoms with Crippen LogP contribution in [0.4, 0.5) is 22.0 Å². The Morgan fingerprint density at radius 1 is 1.09 bits per heavy atom. The van der Waals surface area contributed by atoms with Gasteiger partial charge in [-0.1, -0.05) is 24.3 Å². The first-order valence-electron chi connectivity index (χ1n) is 6.06. The number of ether oxygens (including phenoxy) is 1. The third-order valence-electron chi connectivity index (χ3n) is 3.29. The minimum atomic E-state index is -6.27. The standard InChI is InChI=1S/C12H11F5O4S/c13-11(14,15)10(12(16,17)22(18,19)20)21-9-5-7-3-1-2-4-8(7)6-9/h1-4,9-10H,5-6H2,(H,18,19,20). The lowest BCUT2D eigenvalue weighted by Gasteiger charge is -2.28. The molecule has 124 valence electrons. The summed E-state index contributed by atoms with van der Waals surface area (Å²) in [5, 5.41) is -5.49. The van der Waals surface area contributed by atoms with Gasteiger partial charge in [-0.25, -0.2) is 0 Å². The molecule has 2 rings (SSSR count). The SMILES string of the molecule is O=S(=O)(O)C(F)(F)C(OC1Cc2ccccc2C1)C(F)(F)F. The number of hydrogen-bond acceptors (Lipinski definition) is 3. The van der Waals surface area contributed by atoms with Crippen LogP contribution in [0.25, 0.3) is 0 Å². The van der Waals surface area contributed by atoms with E-state index in [1.54, 1.807) is 24.3 Å². The average Bonchev–Trinajstić information content (AvgIpc) is 2.75. The lowest BCUT2D eigenvalue weighted by Crippen LogP contribution is -2.52. The Bertz CT molecular complexity index is 631. The van der Waals surface area contributed by atoms with E-state index < -0.39 is 33.8 Å². The first kappa shape index (κ1) is 17.1. The average molecular weight is 346 g/mol. The van der Waals surface area contributed by atoms with Crippen LogP contribution in [0, 0.1) is 0 Å². The predicted molar refractivity (Wildman–Crippen MR) is 65.1 cm³/mol. The van der Waals surface area contributed by atoms with Crippen molar-refractivity contribution in [3.8, 4) is 0 Å². The Balaban J connectivity index is 2.24. The van der Waals surface area contributed by atoms with Crippen LogP contribution in [0.2, 0.25) is 0 Å². The lowest BCUT2D eigenvalue weighted by atomic mass is 10.1. The molecule has 1 aliphatic carbocycles. The quantitative estimate of drug-likeness (QED) is 0.672. The highest BCUT2D eigenvalue weighted by molar-refractivity contribution is 7.86. The van der Waals surface area contributed by atoms with Gasteiger partial charge >= 0.3 is 21.5 Å². The summed E-state index contributed by atoms with van der Waals surface area (Å²) in [6.07, 6.45) is -11.0. The zero-order valence-corrected chi connectivity index (χ0v) is 11.7. The number of alkyl halides is 5. The highest BCUT2D eigenvalue weighted by atomic mass is 32.2. The van der Waals surface area contributed by atoms with Crippen LogP contribution in [0.1, 0.15) is 11.1 Å². The Labute approximate surface area is 122 Å². The van der Waals surface area contributed by atoms with Crippen molar-refractivity contribution in [3.63, 3.8) is 0 Å². The van der Waals surface area contributed by atoms with E-state index in [0.717, 1.165) is 0 Å². The van der Waals surface area contributed by atoms with Crippen molar-refractivity contribution in [2.45, 2.75) is 36.5 Å². The van der Waals surface area contributed by atoms with Gasteiger partial charge in [-0.05, 0) is 24.0 Å². The van der Waals surface area contributed by atoms with E-state index in [1.165, 1.54) is 0 Å². The summed E-state index contributed by atoms with van der Waals surface area (Å²) in [7, 11) is -6.27. The van der Waals surface area contributed by atoms with Gasteiger partial charge in [-0.2, -0.15) is 30.4 Å². The molecule has 0 radical (unpaired) electrons. The van der Waals surface area contributed by atoms with Crippen molar-refractivity contribution in [3.05, 3.63) is 35.4 Å². The molecule has 0 amide bonds. The number of halogens is 5. The molecule has 1 unspecified atom stereocenters. The van der Waals surface area contributed by atoms with Crippen molar-refractivity contribution >= 4 is 10.1 Å². The summed E-state index contributed by atoms with van der Waals surface area (Å²) in [4.78, 5) is 0. The Morgan fingerprint density at radius 3 is 1.91 bits per heavy atom. The van der Waals surface area contributed by atoms with Crippen LogP contribution in [0.15, 0.2) is 24.3 Å². The van der Waals surface area contributed by atoms with Gasteiger partial charge in [0.25, 0.3) is 0 Å². The van der Waals surface area contributed by atoms with Crippen molar-refractivity contribution in [1.82, 2.24) is 0 Å². The van der Waals surface area contributed by atoms with Crippen molar-refractivity contribution in [1.29, 1.82) is 0 Å². The smallest absolute Gasteiger partial charge is 0.358 e. The summed E-state index contributed by atoms with van der Waals surface area (Å²) in [6, 6.07) is 6.49. The predicted octanol–water partition coefficient (Wildman–Crippen LogP) is 2.58. The maximum atomic E-state index is 13.4. The molecule has 0 saturated heterocycles. The number of benzene rings is 1. The molecule has 0 aliphatic heterocycles. The number of fused-ring (bicyclic) bond motifs is 1. The molecule has 0 aromatic heterocycles. The van der Waals surface area contributed by atoms with Gasteiger partial charge in [0, 0.05) is 0 Å². The molecule has 1 aromatic rings.